The van der Waals surface area contributed by atoms with Crippen molar-refractivity contribution < 1.29 is 14.6 Å². The number of amides is 1. The van der Waals surface area contributed by atoms with Crippen molar-refractivity contribution in [1.29, 1.82) is 0 Å². The van der Waals surface area contributed by atoms with E-state index in [4.69, 9.17) is 4.74 Å². The molecule has 0 spiro atoms. The van der Waals surface area contributed by atoms with Gasteiger partial charge in [-0.15, -0.1) is 0 Å². The Morgan fingerprint density at radius 3 is 2.75 bits per heavy atom. The predicted octanol–water partition coefficient (Wildman–Crippen LogP) is 2.50. The standard InChI is InChI=1S/C19H30N2O3/c1-15(21-11-4-5-12-21)16-8-6-9-17(14-16)24-13-7-10-20-18(22)19(2,3)23/h6,8-9,14-15,23H,4-5,7,10-13H2,1-3H3,(H,20,22). The second-order valence-electron chi connectivity index (χ2n) is 7.01. The number of carbonyl (C=O) groups excluding carboxylic acids is 1. The molecule has 134 valence electrons. The SMILES string of the molecule is CC(c1cccc(OCCCNC(=O)C(C)(C)O)c1)N1CCCC1. The van der Waals surface area contributed by atoms with E-state index in [-0.39, 0.29) is 5.91 Å². The first kappa shape index (κ1) is 18.7. The van der Waals surface area contributed by atoms with E-state index >= 15 is 0 Å². The Morgan fingerprint density at radius 2 is 2.08 bits per heavy atom. The van der Waals surface area contributed by atoms with Crippen LogP contribution in [0.15, 0.2) is 24.3 Å². The van der Waals surface area contributed by atoms with E-state index in [1.165, 1.54) is 45.3 Å². The van der Waals surface area contributed by atoms with Crippen molar-refractivity contribution in [1.82, 2.24) is 10.2 Å². The summed E-state index contributed by atoms with van der Waals surface area (Å²) in [6.07, 6.45) is 3.28. The van der Waals surface area contributed by atoms with Crippen molar-refractivity contribution in [3.05, 3.63) is 29.8 Å². The lowest BCUT2D eigenvalue weighted by atomic mass is 10.1. The molecule has 1 unspecified atom stereocenters. The molecule has 1 heterocycles. The lowest BCUT2D eigenvalue weighted by Gasteiger charge is -2.24. The molecule has 5 nitrogen and oxygen atoms in total. The van der Waals surface area contributed by atoms with Crippen LogP contribution in [0.1, 0.15) is 51.6 Å². The van der Waals surface area contributed by atoms with Gasteiger partial charge in [0.2, 0.25) is 0 Å². The second kappa shape index (κ2) is 8.49. The minimum absolute atomic E-state index is 0.357. The predicted molar refractivity (Wildman–Crippen MR) is 95.1 cm³/mol. The molecule has 1 aromatic carbocycles. The van der Waals surface area contributed by atoms with Crippen LogP contribution >= 0.6 is 0 Å². The molecule has 0 aromatic heterocycles. The molecular formula is C19H30N2O3. The fourth-order valence-corrected chi connectivity index (χ4v) is 2.88. The van der Waals surface area contributed by atoms with Gasteiger partial charge in [0, 0.05) is 12.6 Å². The summed E-state index contributed by atoms with van der Waals surface area (Å²) < 4.78 is 5.79. The zero-order chi connectivity index (χ0) is 17.6. The van der Waals surface area contributed by atoms with Gasteiger partial charge < -0.3 is 15.2 Å². The number of aliphatic hydroxyl groups is 1. The molecular weight excluding hydrogens is 304 g/mol. The number of benzene rings is 1. The van der Waals surface area contributed by atoms with Crippen LogP contribution in [-0.2, 0) is 4.79 Å². The maximum Gasteiger partial charge on any atom is 0.251 e. The van der Waals surface area contributed by atoms with Crippen molar-refractivity contribution >= 4 is 5.91 Å². The first-order chi connectivity index (χ1) is 11.4. The van der Waals surface area contributed by atoms with Gasteiger partial charge in [-0.3, -0.25) is 9.69 Å². The summed E-state index contributed by atoms with van der Waals surface area (Å²) >= 11 is 0. The average molecular weight is 334 g/mol. The van der Waals surface area contributed by atoms with Crippen LogP contribution in [0.5, 0.6) is 5.75 Å². The van der Waals surface area contributed by atoms with E-state index in [0.29, 0.717) is 25.6 Å². The fourth-order valence-electron chi connectivity index (χ4n) is 2.88. The van der Waals surface area contributed by atoms with Crippen LogP contribution in [0.25, 0.3) is 0 Å². The van der Waals surface area contributed by atoms with Gasteiger partial charge in [-0.1, -0.05) is 12.1 Å². The lowest BCUT2D eigenvalue weighted by Crippen LogP contribution is -2.42. The number of ether oxygens (including phenoxy) is 1. The first-order valence-corrected chi connectivity index (χ1v) is 8.85. The molecule has 1 aliphatic heterocycles. The van der Waals surface area contributed by atoms with Crippen LogP contribution in [-0.4, -0.2) is 47.8 Å². The van der Waals surface area contributed by atoms with E-state index in [1.807, 2.05) is 12.1 Å². The zero-order valence-electron chi connectivity index (χ0n) is 15.0. The van der Waals surface area contributed by atoms with Gasteiger partial charge in [-0.05, 0) is 70.8 Å². The third-order valence-corrected chi connectivity index (χ3v) is 4.46. The summed E-state index contributed by atoms with van der Waals surface area (Å²) in [6, 6.07) is 8.68. The maximum absolute atomic E-state index is 11.5. The molecule has 0 radical (unpaired) electrons. The number of hydrogen-bond acceptors (Lipinski definition) is 4. The Morgan fingerprint density at radius 1 is 1.38 bits per heavy atom. The number of nitrogens with one attached hydrogen (secondary N) is 1. The van der Waals surface area contributed by atoms with Gasteiger partial charge in [0.05, 0.1) is 6.61 Å². The number of carbonyl (C=O) groups is 1. The van der Waals surface area contributed by atoms with Crippen LogP contribution < -0.4 is 10.1 Å². The van der Waals surface area contributed by atoms with Crippen molar-refractivity contribution in [2.75, 3.05) is 26.2 Å². The second-order valence-corrected chi connectivity index (χ2v) is 7.01. The molecule has 2 N–H and O–H groups in total. The van der Waals surface area contributed by atoms with Crippen molar-refractivity contribution in [2.24, 2.45) is 0 Å². The summed E-state index contributed by atoms with van der Waals surface area (Å²) in [6.45, 7) is 8.58. The molecule has 1 atom stereocenters. The van der Waals surface area contributed by atoms with E-state index in [9.17, 15) is 9.90 Å². The molecule has 1 saturated heterocycles. The molecule has 5 heteroatoms. The molecule has 0 aliphatic carbocycles. The molecule has 1 amide bonds. The molecule has 1 aromatic rings. The molecule has 0 bridgehead atoms. The smallest absolute Gasteiger partial charge is 0.251 e. The Bertz CT molecular complexity index is 534. The first-order valence-electron chi connectivity index (χ1n) is 8.85. The van der Waals surface area contributed by atoms with Crippen molar-refractivity contribution in [3.63, 3.8) is 0 Å². The topological polar surface area (TPSA) is 61.8 Å². The summed E-state index contributed by atoms with van der Waals surface area (Å²) in [5.41, 5.74) is -0.0503. The van der Waals surface area contributed by atoms with Gasteiger partial charge >= 0.3 is 0 Å². The minimum atomic E-state index is -1.33. The summed E-state index contributed by atoms with van der Waals surface area (Å²) in [5.74, 6) is 0.510. The largest absolute Gasteiger partial charge is 0.494 e. The Balaban J connectivity index is 1.75. The third kappa shape index (κ3) is 5.49. The van der Waals surface area contributed by atoms with Crippen molar-refractivity contribution in [2.45, 2.75) is 51.7 Å². The summed E-state index contributed by atoms with van der Waals surface area (Å²) in [5, 5.41) is 12.2. The van der Waals surface area contributed by atoms with E-state index in [0.717, 1.165) is 5.75 Å². The average Bonchev–Trinajstić information content (AvgIpc) is 3.07. The van der Waals surface area contributed by atoms with Crippen molar-refractivity contribution in [3.8, 4) is 5.75 Å². The Labute approximate surface area is 145 Å². The third-order valence-electron chi connectivity index (χ3n) is 4.46. The monoisotopic (exact) mass is 334 g/mol. The quantitative estimate of drug-likeness (QED) is 0.717. The van der Waals surface area contributed by atoms with E-state index in [2.05, 4.69) is 29.3 Å². The van der Waals surface area contributed by atoms with E-state index < -0.39 is 5.60 Å². The van der Waals surface area contributed by atoms with Gasteiger partial charge in [0.25, 0.3) is 5.91 Å². The normalized spacial score (nSPS) is 16.8. The van der Waals surface area contributed by atoms with Gasteiger partial charge in [-0.25, -0.2) is 0 Å². The highest BCUT2D eigenvalue weighted by atomic mass is 16.5. The molecule has 1 fully saturated rings. The van der Waals surface area contributed by atoms with Gasteiger partial charge in [0.1, 0.15) is 11.4 Å². The van der Waals surface area contributed by atoms with Crippen LogP contribution in [0, 0.1) is 0 Å². The Hall–Kier alpha value is -1.59. The molecule has 0 saturated carbocycles. The summed E-state index contributed by atoms with van der Waals surface area (Å²) in [4.78, 5) is 14.0. The van der Waals surface area contributed by atoms with Crippen LogP contribution in [0.2, 0.25) is 0 Å². The lowest BCUT2D eigenvalue weighted by molar-refractivity contribution is -0.136. The van der Waals surface area contributed by atoms with Crippen LogP contribution in [0.4, 0.5) is 0 Å². The number of rotatable bonds is 8. The highest BCUT2D eigenvalue weighted by Gasteiger charge is 2.22. The molecule has 24 heavy (non-hydrogen) atoms. The van der Waals surface area contributed by atoms with Gasteiger partial charge in [0.15, 0.2) is 0 Å². The highest BCUT2D eigenvalue weighted by Crippen LogP contribution is 2.26. The van der Waals surface area contributed by atoms with Gasteiger partial charge in [-0.2, -0.15) is 0 Å². The number of likely N-dealkylation sites (tertiary alicyclic amines) is 1. The van der Waals surface area contributed by atoms with E-state index in [1.54, 1.807) is 0 Å². The Kier molecular flexibility index (Phi) is 6.63. The fraction of sp³-hybridized carbons (Fsp3) is 0.632. The highest BCUT2D eigenvalue weighted by molar-refractivity contribution is 5.83. The van der Waals surface area contributed by atoms with Crippen LogP contribution in [0.3, 0.4) is 0 Å². The zero-order valence-corrected chi connectivity index (χ0v) is 15.0. The molecule has 1 aliphatic rings. The number of nitrogens with zero attached hydrogens (tertiary/aromatic N) is 1. The minimum Gasteiger partial charge on any atom is -0.494 e. The summed E-state index contributed by atoms with van der Waals surface area (Å²) in [7, 11) is 0. The number of hydrogen-bond donors (Lipinski definition) is 2. The maximum atomic E-state index is 11.5. The molecule has 2 rings (SSSR count).